The quantitative estimate of drug-likeness (QED) is 0.641. The van der Waals surface area contributed by atoms with Gasteiger partial charge in [-0.05, 0) is 18.2 Å². The van der Waals surface area contributed by atoms with Gasteiger partial charge in [0.25, 0.3) is 0 Å². The third-order valence-electron chi connectivity index (χ3n) is 2.14. The molecule has 0 aliphatic heterocycles. The zero-order valence-electron chi connectivity index (χ0n) is 12.0. The molecule has 0 radical (unpaired) electrons. The first-order chi connectivity index (χ1) is 11.7. The van der Waals surface area contributed by atoms with Gasteiger partial charge in [0.1, 0.15) is 11.9 Å². The van der Waals surface area contributed by atoms with Crippen molar-refractivity contribution in [2.24, 2.45) is 0 Å². The standard InChI is InChI=1S/C9H4FNS.2C2HF3O2/c10-7-1-2-9-8(3-7)6(4-11)5-12-9;2*3-2(4,5)1(6)7/h1-3,5H;2*(H,6,7). The molecular weight excluding hydrogens is 399 g/mol. The second-order valence-electron chi connectivity index (χ2n) is 4.01. The van der Waals surface area contributed by atoms with Crippen LogP contribution in [0.4, 0.5) is 30.7 Å². The van der Waals surface area contributed by atoms with Crippen LogP contribution in [0.2, 0.25) is 0 Å². The number of hydrogen-bond acceptors (Lipinski definition) is 4. The Morgan fingerprint density at radius 2 is 1.42 bits per heavy atom. The highest BCUT2D eigenvalue weighted by Gasteiger charge is 2.38. The fraction of sp³-hybridized carbons (Fsp3) is 0.154. The summed E-state index contributed by atoms with van der Waals surface area (Å²) in [5, 5.41) is 25.4. The Morgan fingerprint density at radius 1 is 1.00 bits per heavy atom. The van der Waals surface area contributed by atoms with Crippen LogP contribution in [0.1, 0.15) is 5.56 Å². The molecule has 2 aromatic rings. The first kappa shape index (κ1) is 23.1. The number of nitrogens with zero attached hydrogens (tertiary/aromatic N) is 1. The summed E-state index contributed by atoms with van der Waals surface area (Å²) in [6.07, 6.45) is -10.2. The summed E-state index contributed by atoms with van der Waals surface area (Å²) in [6.45, 7) is 0. The zero-order chi connectivity index (χ0) is 20.7. The molecule has 1 aromatic carbocycles. The highest BCUT2D eigenvalue weighted by Crippen LogP contribution is 2.25. The van der Waals surface area contributed by atoms with Crippen molar-refractivity contribution in [1.82, 2.24) is 0 Å². The van der Waals surface area contributed by atoms with Crippen LogP contribution in [-0.4, -0.2) is 34.5 Å². The molecule has 0 saturated heterocycles. The first-order valence-corrected chi connectivity index (χ1v) is 6.75. The lowest BCUT2D eigenvalue weighted by molar-refractivity contribution is -0.193. The van der Waals surface area contributed by atoms with E-state index in [9.17, 15) is 30.7 Å². The van der Waals surface area contributed by atoms with Gasteiger partial charge in [0.2, 0.25) is 0 Å². The van der Waals surface area contributed by atoms with E-state index < -0.39 is 24.3 Å². The minimum absolute atomic E-state index is 0.294. The van der Waals surface area contributed by atoms with Gasteiger partial charge in [-0.2, -0.15) is 31.6 Å². The van der Waals surface area contributed by atoms with E-state index in [2.05, 4.69) is 0 Å². The summed E-state index contributed by atoms with van der Waals surface area (Å²) in [5.41, 5.74) is 0.550. The average molecular weight is 405 g/mol. The fourth-order valence-corrected chi connectivity index (χ4v) is 1.95. The highest BCUT2D eigenvalue weighted by molar-refractivity contribution is 7.17. The molecule has 2 rings (SSSR count). The Kier molecular flexibility index (Phi) is 8.00. The van der Waals surface area contributed by atoms with Crippen molar-refractivity contribution in [3.8, 4) is 6.07 Å². The summed E-state index contributed by atoms with van der Waals surface area (Å²) in [7, 11) is 0. The molecular formula is C13H6F7NO4S. The molecule has 5 nitrogen and oxygen atoms in total. The van der Waals surface area contributed by atoms with Crippen molar-refractivity contribution in [1.29, 1.82) is 5.26 Å². The molecule has 142 valence electrons. The number of thiophene rings is 1. The summed E-state index contributed by atoms with van der Waals surface area (Å²) in [5.74, 6) is -5.81. The third kappa shape index (κ3) is 7.79. The Labute approximate surface area is 143 Å². The topological polar surface area (TPSA) is 98.4 Å². The monoisotopic (exact) mass is 405 g/mol. The van der Waals surface area contributed by atoms with Crippen molar-refractivity contribution in [3.05, 3.63) is 35.0 Å². The van der Waals surface area contributed by atoms with E-state index in [-0.39, 0.29) is 5.82 Å². The Balaban J connectivity index is 0.000000390. The van der Waals surface area contributed by atoms with Gasteiger partial charge in [-0.3, -0.25) is 0 Å². The molecule has 0 bridgehead atoms. The van der Waals surface area contributed by atoms with Crippen LogP contribution in [-0.2, 0) is 9.59 Å². The number of carboxylic acid groups (broad SMARTS) is 2. The highest BCUT2D eigenvalue weighted by atomic mass is 32.1. The number of hydrogen-bond donors (Lipinski definition) is 2. The van der Waals surface area contributed by atoms with Crippen LogP contribution in [0.15, 0.2) is 23.6 Å². The number of alkyl halides is 6. The lowest BCUT2D eigenvalue weighted by Crippen LogP contribution is -2.21. The molecule has 0 unspecified atom stereocenters. The summed E-state index contributed by atoms with van der Waals surface area (Å²) in [6, 6.07) is 6.51. The van der Waals surface area contributed by atoms with Crippen LogP contribution >= 0.6 is 11.3 Å². The maximum absolute atomic E-state index is 12.7. The second kappa shape index (κ2) is 8.99. The molecule has 0 amide bonds. The summed E-state index contributed by atoms with van der Waals surface area (Å²) in [4.78, 5) is 17.8. The van der Waals surface area contributed by atoms with Crippen molar-refractivity contribution in [2.75, 3.05) is 0 Å². The van der Waals surface area contributed by atoms with Gasteiger partial charge in [-0.25, -0.2) is 14.0 Å². The van der Waals surface area contributed by atoms with Gasteiger partial charge in [0.05, 0.1) is 5.56 Å². The predicted octanol–water partition coefficient (Wildman–Crippen LogP) is 4.18. The van der Waals surface area contributed by atoms with E-state index in [0.717, 1.165) is 4.70 Å². The van der Waals surface area contributed by atoms with Gasteiger partial charge >= 0.3 is 24.3 Å². The minimum Gasteiger partial charge on any atom is -0.475 e. The van der Waals surface area contributed by atoms with Crippen molar-refractivity contribution >= 4 is 33.4 Å². The molecule has 1 aromatic heterocycles. The van der Waals surface area contributed by atoms with E-state index in [1.807, 2.05) is 6.07 Å². The van der Waals surface area contributed by atoms with Gasteiger partial charge < -0.3 is 10.2 Å². The Morgan fingerprint density at radius 3 is 1.77 bits per heavy atom. The summed E-state index contributed by atoms with van der Waals surface area (Å²) < 4.78 is 77.1. The number of halogens is 7. The molecule has 0 fully saturated rings. The third-order valence-corrected chi connectivity index (χ3v) is 3.10. The molecule has 2 N–H and O–H groups in total. The van der Waals surface area contributed by atoms with Crippen molar-refractivity contribution in [3.63, 3.8) is 0 Å². The number of nitriles is 1. The lowest BCUT2D eigenvalue weighted by atomic mass is 10.2. The van der Waals surface area contributed by atoms with Crippen LogP contribution < -0.4 is 0 Å². The second-order valence-corrected chi connectivity index (χ2v) is 4.92. The smallest absolute Gasteiger partial charge is 0.475 e. The molecule has 26 heavy (non-hydrogen) atoms. The Bertz CT molecular complexity index is 796. The number of carboxylic acids is 2. The van der Waals surface area contributed by atoms with Crippen molar-refractivity contribution in [2.45, 2.75) is 12.4 Å². The first-order valence-electron chi connectivity index (χ1n) is 5.87. The van der Waals surface area contributed by atoms with E-state index in [0.29, 0.717) is 10.9 Å². The lowest BCUT2D eigenvalue weighted by Gasteiger charge is -1.93. The minimum atomic E-state index is -5.08. The number of aliphatic carboxylic acids is 2. The van der Waals surface area contributed by atoms with Crippen LogP contribution in [0.5, 0.6) is 0 Å². The largest absolute Gasteiger partial charge is 0.490 e. The normalized spacial score (nSPS) is 10.7. The molecule has 0 atom stereocenters. The number of fused-ring (bicyclic) bond motifs is 1. The van der Waals surface area contributed by atoms with Gasteiger partial charge in [-0.1, -0.05) is 0 Å². The maximum atomic E-state index is 12.7. The van der Waals surface area contributed by atoms with E-state index in [1.165, 1.54) is 23.5 Å². The molecule has 0 spiro atoms. The number of carbonyl (C=O) groups is 2. The SMILES string of the molecule is N#Cc1csc2ccc(F)cc12.O=C(O)C(F)(F)F.O=C(O)C(F)(F)F. The van der Waals surface area contributed by atoms with Crippen LogP contribution in [0.25, 0.3) is 10.1 Å². The molecule has 0 aliphatic rings. The Hall–Kier alpha value is -2.88. The van der Waals surface area contributed by atoms with E-state index in [4.69, 9.17) is 25.1 Å². The van der Waals surface area contributed by atoms with Gasteiger partial charge in [-0.15, -0.1) is 11.3 Å². The average Bonchev–Trinajstić information content (AvgIpc) is 2.88. The number of benzene rings is 1. The number of rotatable bonds is 0. The molecule has 13 heteroatoms. The molecule has 1 heterocycles. The molecule has 0 saturated carbocycles. The molecule has 0 aliphatic carbocycles. The zero-order valence-corrected chi connectivity index (χ0v) is 12.8. The van der Waals surface area contributed by atoms with E-state index >= 15 is 0 Å². The summed E-state index contributed by atoms with van der Waals surface area (Å²) >= 11 is 1.46. The van der Waals surface area contributed by atoms with Gasteiger partial charge in [0, 0.05) is 15.5 Å². The predicted molar refractivity (Wildman–Crippen MR) is 73.9 cm³/mol. The van der Waals surface area contributed by atoms with E-state index in [1.54, 1.807) is 11.4 Å². The van der Waals surface area contributed by atoms with Gasteiger partial charge in [0.15, 0.2) is 0 Å². The fourth-order valence-electron chi connectivity index (χ4n) is 1.09. The van der Waals surface area contributed by atoms with Crippen LogP contribution in [0, 0.1) is 17.1 Å². The van der Waals surface area contributed by atoms with Crippen LogP contribution in [0.3, 0.4) is 0 Å². The maximum Gasteiger partial charge on any atom is 0.490 e. The van der Waals surface area contributed by atoms with Crippen molar-refractivity contribution < 1.29 is 50.5 Å².